The van der Waals surface area contributed by atoms with E-state index in [9.17, 15) is 9.18 Å². The second-order valence-corrected chi connectivity index (χ2v) is 5.10. The minimum atomic E-state index is -0.654. The normalized spacial score (nSPS) is 10.7. The van der Waals surface area contributed by atoms with E-state index in [0.717, 1.165) is 11.6 Å². The summed E-state index contributed by atoms with van der Waals surface area (Å²) in [6.45, 7) is 0. The first-order valence-electron chi connectivity index (χ1n) is 6.53. The number of hydrogen-bond donors (Lipinski definition) is 0. The number of ether oxygens (including phenoxy) is 1. The number of aromatic nitrogens is 1. The lowest BCUT2D eigenvalue weighted by atomic mass is 10.1. The fourth-order valence-corrected chi connectivity index (χ4v) is 2.52. The second kappa shape index (κ2) is 5.73. The molecule has 0 fully saturated rings. The highest BCUT2D eigenvalue weighted by Crippen LogP contribution is 2.30. The highest BCUT2D eigenvalue weighted by Gasteiger charge is 2.17. The van der Waals surface area contributed by atoms with Gasteiger partial charge >= 0.3 is 5.97 Å². The quantitative estimate of drug-likeness (QED) is 0.654. The first-order chi connectivity index (χ1) is 10.6. The average molecular weight is 316 g/mol. The van der Waals surface area contributed by atoms with Crippen LogP contribution < -0.4 is 0 Å². The molecule has 3 aromatic rings. The lowest BCUT2D eigenvalue weighted by molar-refractivity contribution is 0.0602. The Morgan fingerprint density at radius 2 is 1.91 bits per heavy atom. The number of benzene rings is 2. The summed E-state index contributed by atoms with van der Waals surface area (Å²) in [5.74, 6) is -1.22. The zero-order valence-electron chi connectivity index (χ0n) is 11.6. The van der Waals surface area contributed by atoms with E-state index < -0.39 is 11.8 Å². The Kier molecular flexibility index (Phi) is 3.77. The molecule has 5 heteroatoms. The van der Waals surface area contributed by atoms with Crippen LogP contribution in [0.5, 0.6) is 0 Å². The molecule has 0 saturated heterocycles. The fraction of sp³-hybridized carbons (Fsp3) is 0.0588. The third-order valence-corrected chi connectivity index (χ3v) is 3.62. The van der Waals surface area contributed by atoms with Crippen molar-refractivity contribution in [3.8, 4) is 11.3 Å². The number of pyridine rings is 1. The summed E-state index contributed by atoms with van der Waals surface area (Å²) in [4.78, 5) is 16.3. The summed E-state index contributed by atoms with van der Waals surface area (Å²) < 4.78 is 18.4. The van der Waals surface area contributed by atoms with E-state index in [4.69, 9.17) is 16.3 Å². The molecule has 3 nitrogen and oxygen atoms in total. The summed E-state index contributed by atoms with van der Waals surface area (Å²) in [7, 11) is 1.24. The van der Waals surface area contributed by atoms with Gasteiger partial charge in [0.2, 0.25) is 0 Å². The van der Waals surface area contributed by atoms with Gasteiger partial charge < -0.3 is 4.74 Å². The van der Waals surface area contributed by atoms with Crippen molar-refractivity contribution >= 4 is 28.5 Å². The van der Waals surface area contributed by atoms with Gasteiger partial charge in [0.1, 0.15) is 5.82 Å². The van der Waals surface area contributed by atoms with E-state index in [1.807, 2.05) is 30.3 Å². The van der Waals surface area contributed by atoms with Crippen LogP contribution in [0.15, 0.2) is 48.5 Å². The molecule has 22 heavy (non-hydrogen) atoms. The zero-order valence-corrected chi connectivity index (χ0v) is 12.4. The van der Waals surface area contributed by atoms with Crippen LogP contribution in [0.25, 0.3) is 22.2 Å². The lowest BCUT2D eigenvalue weighted by Crippen LogP contribution is -2.04. The highest BCUT2D eigenvalue weighted by molar-refractivity contribution is 6.36. The smallest absolute Gasteiger partial charge is 0.340 e. The average Bonchev–Trinajstić information content (AvgIpc) is 2.54. The number of methoxy groups -OCH3 is 1. The molecule has 0 amide bonds. The second-order valence-electron chi connectivity index (χ2n) is 4.70. The first-order valence-corrected chi connectivity index (χ1v) is 6.91. The first kappa shape index (κ1) is 14.5. The van der Waals surface area contributed by atoms with Crippen LogP contribution in [0.3, 0.4) is 0 Å². The molecule has 110 valence electrons. The molecule has 0 aliphatic rings. The maximum absolute atomic E-state index is 13.7. The Balaban J connectivity index is 2.33. The van der Waals surface area contributed by atoms with Crippen molar-refractivity contribution in [3.05, 3.63) is 64.9 Å². The van der Waals surface area contributed by atoms with Crippen LogP contribution >= 0.6 is 11.6 Å². The van der Waals surface area contributed by atoms with Crippen molar-refractivity contribution in [2.45, 2.75) is 0 Å². The monoisotopic (exact) mass is 315 g/mol. The van der Waals surface area contributed by atoms with Crippen LogP contribution in [0, 0.1) is 5.82 Å². The Labute approximate surface area is 131 Å². The summed E-state index contributed by atoms with van der Waals surface area (Å²) in [5.41, 5.74) is 1.83. The van der Waals surface area contributed by atoms with E-state index in [1.54, 1.807) is 6.07 Å². The predicted molar refractivity (Wildman–Crippen MR) is 83.5 cm³/mol. The van der Waals surface area contributed by atoms with Gasteiger partial charge in [-0.3, -0.25) is 0 Å². The number of rotatable bonds is 2. The van der Waals surface area contributed by atoms with Gasteiger partial charge in [0.05, 0.1) is 28.9 Å². The molecular weight excluding hydrogens is 305 g/mol. The van der Waals surface area contributed by atoms with Gasteiger partial charge in [0, 0.05) is 10.9 Å². The van der Waals surface area contributed by atoms with Gasteiger partial charge in [-0.15, -0.1) is 0 Å². The molecule has 0 saturated carbocycles. The number of carbonyl (C=O) groups excluding carboxylic acids is 1. The maximum atomic E-state index is 13.7. The predicted octanol–water partition coefficient (Wildman–Crippen LogP) is 4.48. The fourth-order valence-electron chi connectivity index (χ4n) is 2.27. The van der Waals surface area contributed by atoms with Gasteiger partial charge in [-0.05, 0) is 18.2 Å². The standard InChI is InChI=1S/C17H11ClFNO2/c1-22-17(21)13-8-11(19)7-12-14(18)9-15(20-16(12)13)10-5-3-2-4-6-10/h2-9H,1H3. The van der Waals surface area contributed by atoms with Crippen LogP contribution in [-0.4, -0.2) is 18.1 Å². The molecule has 0 bridgehead atoms. The molecule has 0 unspecified atom stereocenters. The Hall–Kier alpha value is -2.46. The SMILES string of the molecule is COC(=O)c1cc(F)cc2c(Cl)cc(-c3ccccc3)nc12. The molecular formula is C17H11ClFNO2. The Morgan fingerprint density at radius 3 is 2.59 bits per heavy atom. The molecule has 0 N–H and O–H groups in total. The van der Waals surface area contributed by atoms with Gasteiger partial charge in [-0.25, -0.2) is 14.2 Å². The zero-order chi connectivity index (χ0) is 15.7. The summed E-state index contributed by atoms with van der Waals surface area (Å²) in [5, 5.41) is 0.704. The van der Waals surface area contributed by atoms with E-state index >= 15 is 0 Å². The van der Waals surface area contributed by atoms with Gasteiger partial charge in [-0.1, -0.05) is 41.9 Å². The topological polar surface area (TPSA) is 39.2 Å². The van der Waals surface area contributed by atoms with E-state index in [2.05, 4.69) is 4.98 Å². The minimum absolute atomic E-state index is 0.0529. The van der Waals surface area contributed by atoms with Crippen LogP contribution in [-0.2, 0) is 4.74 Å². The number of fused-ring (bicyclic) bond motifs is 1. The third kappa shape index (κ3) is 2.53. The van der Waals surface area contributed by atoms with Crippen molar-refractivity contribution in [1.82, 2.24) is 4.98 Å². The summed E-state index contributed by atoms with van der Waals surface area (Å²) in [6, 6.07) is 13.4. The van der Waals surface area contributed by atoms with E-state index in [0.29, 0.717) is 21.6 Å². The number of carbonyl (C=O) groups is 1. The van der Waals surface area contributed by atoms with Gasteiger partial charge in [0.15, 0.2) is 0 Å². The Bertz CT molecular complexity index is 865. The third-order valence-electron chi connectivity index (χ3n) is 3.30. The van der Waals surface area contributed by atoms with Crippen molar-refractivity contribution < 1.29 is 13.9 Å². The van der Waals surface area contributed by atoms with Gasteiger partial charge in [-0.2, -0.15) is 0 Å². The number of hydrogen-bond acceptors (Lipinski definition) is 3. The number of nitrogens with zero attached hydrogens (tertiary/aromatic N) is 1. The molecule has 0 aliphatic heterocycles. The van der Waals surface area contributed by atoms with E-state index in [1.165, 1.54) is 13.2 Å². The molecule has 0 radical (unpaired) electrons. The molecule has 1 aromatic heterocycles. The van der Waals surface area contributed by atoms with Crippen molar-refractivity contribution in [3.63, 3.8) is 0 Å². The highest BCUT2D eigenvalue weighted by atomic mass is 35.5. The molecule has 0 atom stereocenters. The largest absolute Gasteiger partial charge is 0.465 e. The van der Waals surface area contributed by atoms with Gasteiger partial charge in [0.25, 0.3) is 0 Å². The van der Waals surface area contributed by atoms with Crippen LogP contribution in [0.1, 0.15) is 10.4 Å². The Morgan fingerprint density at radius 1 is 1.18 bits per heavy atom. The number of esters is 1. The van der Waals surface area contributed by atoms with Crippen LogP contribution in [0.2, 0.25) is 5.02 Å². The maximum Gasteiger partial charge on any atom is 0.340 e. The molecule has 0 aliphatic carbocycles. The van der Waals surface area contributed by atoms with Crippen molar-refractivity contribution in [2.75, 3.05) is 7.11 Å². The minimum Gasteiger partial charge on any atom is -0.465 e. The van der Waals surface area contributed by atoms with Crippen molar-refractivity contribution in [1.29, 1.82) is 0 Å². The molecule has 3 rings (SSSR count). The van der Waals surface area contributed by atoms with Crippen LogP contribution in [0.4, 0.5) is 4.39 Å². The van der Waals surface area contributed by atoms with Crippen molar-refractivity contribution in [2.24, 2.45) is 0 Å². The summed E-state index contributed by atoms with van der Waals surface area (Å²) in [6.07, 6.45) is 0. The molecule has 1 heterocycles. The number of halogens is 2. The molecule has 2 aromatic carbocycles. The lowest BCUT2D eigenvalue weighted by Gasteiger charge is -2.09. The molecule has 0 spiro atoms. The summed E-state index contributed by atoms with van der Waals surface area (Å²) >= 11 is 6.25. The van der Waals surface area contributed by atoms with E-state index in [-0.39, 0.29) is 5.56 Å².